The van der Waals surface area contributed by atoms with E-state index in [1.165, 1.54) is 4.57 Å². The standard InChI is InChI=1S/C17H14N2O4/c20-14(17(22)23)10-19-13-9-5-4-8-12(13)18-16(19)15(21)11-6-2-1-3-7-11/h1-9,14,20H,10H2,(H,22,23). The van der Waals surface area contributed by atoms with Crippen LogP contribution in [-0.2, 0) is 11.3 Å². The monoisotopic (exact) mass is 310 g/mol. The minimum atomic E-state index is -1.62. The van der Waals surface area contributed by atoms with E-state index in [0.29, 0.717) is 16.6 Å². The normalized spacial score (nSPS) is 12.2. The lowest BCUT2D eigenvalue weighted by atomic mass is 10.1. The molecule has 3 rings (SSSR count). The number of imidazole rings is 1. The number of para-hydroxylation sites is 2. The summed E-state index contributed by atoms with van der Waals surface area (Å²) in [6, 6.07) is 15.6. The van der Waals surface area contributed by atoms with Gasteiger partial charge in [-0.2, -0.15) is 0 Å². The number of carboxylic acid groups (broad SMARTS) is 1. The van der Waals surface area contributed by atoms with E-state index in [2.05, 4.69) is 4.98 Å². The van der Waals surface area contributed by atoms with E-state index in [1.807, 2.05) is 0 Å². The Morgan fingerprint density at radius 3 is 2.39 bits per heavy atom. The molecule has 0 bridgehead atoms. The van der Waals surface area contributed by atoms with Crippen molar-refractivity contribution in [1.29, 1.82) is 0 Å². The number of carboxylic acids is 1. The maximum Gasteiger partial charge on any atom is 0.334 e. The van der Waals surface area contributed by atoms with E-state index in [0.717, 1.165) is 0 Å². The van der Waals surface area contributed by atoms with E-state index >= 15 is 0 Å². The van der Waals surface area contributed by atoms with Crippen molar-refractivity contribution in [3.8, 4) is 0 Å². The van der Waals surface area contributed by atoms with Crippen LogP contribution in [0.2, 0.25) is 0 Å². The van der Waals surface area contributed by atoms with Gasteiger partial charge in [0.15, 0.2) is 11.9 Å². The van der Waals surface area contributed by atoms with Gasteiger partial charge in [-0.05, 0) is 12.1 Å². The topological polar surface area (TPSA) is 92.4 Å². The minimum absolute atomic E-state index is 0.109. The third-order valence-electron chi connectivity index (χ3n) is 3.53. The molecule has 0 spiro atoms. The SMILES string of the molecule is O=C(c1ccccc1)c1nc2ccccc2n1CC(O)C(=O)O. The number of hydrogen-bond acceptors (Lipinski definition) is 4. The predicted octanol–water partition coefficient (Wildman–Crippen LogP) is 1.71. The van der Waals surface area contributed by atoms with Crippen molar-refractivity contribution in [2.24, 2.45) is 0 Å². The third kappa shape index (κ3) is 2.84. The van der Waals surface area contributed by atoms with Crippen molar-refractivity contribution >= 4 is 22.8 Å². The summed E-state index contributed by atoms with van der Waals surface area (Å²) in [6.07, 6.45) is -1.62. The molecule has 0 aliphatic rings. The fraction of sp³-hybridized carbons (Fsp3) is 0.118. The summed E-state index contributed by atoms with van der Waals surface area (Å²) in [4.78, 5) is 27.9. The van der Waals surface area contributed by atoms with Crippen LogP contribution in [0, 0.1) is 0 Å². The van der Waals surface area contributed by atoms with E-state index in [9.17, 15) is 14.7 Å². The molecule has 1 aromatic heterocycles. The molecule has 1 atom stereocenters. The number of aliphatic carboxylic acids is 1. The summed E-state index contributed by atoms with van der Waals surface area (Å²) in [5.41, 5.74) is 1.63. The first kappa shape index (κ1) is 14.9. The molecule has 23 heavy (non-hydrogen) atoms. The molecule has 0 radical (unpaired) electrons. The number of benzene rings is 2. The van der Waals surface area contributed by atoms with Gasteiger partial charge in [0, 0.05) is 5.56 Å². The number of fused-ring (bicyclic) bond motifs is 1. The minimum Gasteiger partial charge on any atom is -0.479 e. The molecule has 3 aromatic rings. The molecule has 0 aliphatic carbocycles. The summed E-state index contributed by atoms with van der Waals surface area (Å²) >= 11 is 0. The van der Waals surface area contributed by atoms with Gasteiger partial charge in [-0.1, -0.05) is 42.5 Å². The van der Waals surface area contributed by atoms with Crippen LogP contribution in [0.3, 0.4) is 0 Å². The average molecular weight is 310 g/mol. The van der Waals surface area contributed by atoms with Gasteiger partial charge < -0.3 is 14.8 Å². The first-order valence-corrected chi connectivity index (χ1v) is 7.04. The molecule has 1 heterocycles. The predicted molar refractivity (Wildman–Crippen MR) is 83.3 cm³/mol. The lowest BCUT2D eigenvalue weighted by Gasteiger charge is -2.11. The number of aliphatic hydroxyl groups is 1. The van der Waals surface area contributed by atoms with E-state index in [-0.39, 0.29) is 18.2 Å². The third-order valence-corrected chi connectivity index (χ3v) is 3.53. The molecule has 0 saturated heterocycles. The summed E-state index contributed by atoms with van der Waals surface area (Å²) in [5, 5.41) is 18.6. The highest BCUT2D eigenvalue weighted by atomic mass is 16.4. The maximum absolute atomic E-state index is 12.7. The molecule has 116 valence electrons. The number of rotatable bonds is 5. The van der Waals surface area contributed by atoms with E-state index in [4.69, 9.17) is 5.11 Å². The van der Waals surface area contributed by atoms with Crippen molar-refractivity contribution in [3.63, 3.8) is 0 Å². The number of hydrogen-bond donors (Lipinski definition) is 2. The van der Waals surface area contributed by atoms with E-state index in [1.54, 1.807) is 54.6 Å². The Morgan fingerprint density at radius 1 is 1.04 bits per heavy atom. The Hall–Kier alpha value is -2.99. The molecule has 0 amide bonds. The van der Waals surface area contributed by atoms with Gasteiger partial charge in [-0.15, -0.1) is 0 Å². The van der Waals surface area contributed by atoms with Gasteiger partial charge in [0.05, 0.1) is 17.6 Å². The second-order valence-corrected chi connectivity index (χ2v) is 5.08. The van der Waals surface area contributed by atoms with Crippen molar-refractivity contribution < 1.29 is 19.8 Å². The van der Waals surface area contributed by atoms with Crippen LogP contribution in [0.15, 0.2) is 54.6 Å². The molecule has 6 heteroatoms. The summed E-state index contributed by atoms with van der Waals surface area (Å²) in [5.74, 6) is -1.56. The molecular formula is C17H14N2O4. The summed E-state index contributed by atoms with van der Waals surface area (Å²) < 4.78 is 1.45. The number of nitrogens with zero attached hydrogens (tertiary/aromatic N) is 2. The summed E-state index contributed by atoms with van der Waals surface area (Å²) in [7, 11) is 0. The Bertz CT molecular complexity index is 871. The zero-order chi connectivity index (χ0) is 16.4. The molecule has 6 nitrogen and oxygen atoms in total. The smallest absolute Gasteiger partial charge is 0.334 e. The lowest BCUT2D eigenvalue weighted by Crippen LogP contribution is -2.27. The van der Waals surface area contributed by atoms with Gasteiger partial charge in [0.25, 0.3) is 0 Å². The molecule has 0 saturated carbocycles. The molecule has 2 aromatic carbocycles. The average Bonchev–Trinajstić information content (AvgIpc) is 2.93. The number of ketones is 1. The first-order chi connectivity index (χ1) is 11.1. The summed E-state index contributed by atoms with van der Waals surface area (Å²) in [6.45, 7) is -0.246. The molecular weight excluding hydrogens is 296 g/mol. The zero-order valence-electron chi connectivity index (χ0n) is 12.1. The van der Waals surface area contributed by atoms with Crippen LogP contribution in [0.5, 0.6) is 0 Å². The van der Waals surface area contributed by atoms with Crippen LogP contribution in [0.1, 0.15) is 16.2 Å². The Morgan fingerprint density at radius 2 is 1.70 bits per heavy atom. The Labute approximate surface area is 131 Å². The van der Waals surface area contributed by atoms with Crippen molar-refractivity contribution in [2.75, 3.05) is 0 Å². The quantitative estimate of drug-likeness (QED) is 0.700. The number of carbonyl (C=O) groups is 2. The maximum atomic E-state index is 12.7. The molecule has 1 unspecified atom stereocenters. The molecule has 0 aliphatic heterocycles. The van der Waals surface area contributed by atoms with Crippen LogP contribution >= 0.6 is 0 Å². The van der Waals surface area contributed by atoms with Crippen molar-refractivity contribution in [2.45, 2.75) is 12.6 Å². The number of aromatic nitrogens is 2. The molecule has 2 N–H and O–H groups in total. The van der Waals surface area contributed by atoms with Gasteiger partial charge in [0.1, 0.15) is 0 Å². The second kappa shape index (κ2) is 6.02. The Kier molecular flexibility index (Phi) is 3.91. The number of aliphatic hydroxyl groups excluding tert-OH is 1. The fourth-order valence-corrected chi connectivity index (χ4v) is 2.40. The lowest BCUT2D eigenvalue weighted by molar-refractivity contribution is -0.147. The highest BCUT2D eigenvalue weighted by molar-refractivity contribution is 6.08. The van der Waals surface area contributed by atoms with Crippen LogP contribution in [0.4, 0.5) is 0 Å². The fourth-order valence-electron chi connectivity index (χ4n) is 2.40. The van der Waals surface area contributed by atoms with Gasteiger partial charge in [0.2, 0.25) is 5.78 Å². The number of carbonyl (C=O) groups excluding carboxylic acids is 1. The second-order valence-electron chi connectivity index (χ2n) is 5.08. The van der Waals surface area contributed by atoms with Crippen molar-refractivity contribution in [3.05, 3.63) is 66.0 Å². The zero-order valence-corrected chi connectivity index (χ0v) is 12.1. The highest BCUT2D eigenvalue weighted by Gasteiger charge is 2.23. The van der Waals surface area contributed by atoms with Gasteiger partial charge in [-0.3, -0.25) is 4.79 Å². The first-order valence-electron chi connectivity index (χ1n) is 7.04. The molecule has 0 fully saturated rings. The largest absolute Gasteiger partial charge is 0.479 e. The van der Waals surface area contributed by atoms with Crippen molar-refractivity contribution in [1.82, 2.24) is 9.55 Å². The van der Waals surface area contributed by atoms with Crippen LogP contribution in [-0.4, -0.2) is 37.6 Å². The Balaban J connectivity index is 2.12. The van der Waals surface area contributed by atoms with Gasteiger partial charge >= 0.3 is 5.97 Å². The van der Waals surface area contributed by atoms with Gasteiger partial charge in [-0.25, -0.2) is 9.78 Å². The van der Waals surface area contributed by atoms with E-state index < -0.39 is 12.1 Å². The van der Waals surface area contributed by atoms with Crippen LogP contribution < -0.4 is 0 Å². The van der Waals surface area contributed by atoms with Crippen LogP contribution in [0.25, 0.3) is 11.0 Å². The highest BCUT2D eigenvalue weighted by Crippen LogP contribution is 2.19.